The molecule has 0 radical (unpaired) electrons. The van der Waals surface area contributed by atoms with Crippen LogP contribution in [0, 0.1) is 10.1 Å². The number of hydrogen-bond donors (Lipinski definition) is 1. The average molecular weight is 354 g/mol. The van der Waals surface area contributed by atoms with E-state index in [2.05, 4.69) is 5.32 Å². The first-order chi connectivity index (χ1) is 12.4. The topological polar surface area (TPSA) is 98.5 Å². The van der Waals surface area contributed by atoms with Gasteiger partial charge in [-0.2, -0.15) is 0 Å². The number of carbonyl (C=O) groups excluding carboxylic acids is 2. The Hall–Kier alpha value is -3.48. The number of nitro benzene ring substituents is 1. The number of amides is 1. The van der Waals surface area contributed by atoms with Gasteiger partial charge in [-0.15, -0.1) is 0 Å². The van der Waals surface area contributed by atoms with Crippen molar-refractivity contribution < 1.29 is 19.2 Å². The van der Waals surface area contributed by atoms with Crippen molar-refractivity contribution in [3.63, 3.8) is 0 Å². The fourth-order valence-corrected chi connectivity index (χ4v) is 2.23. The molecule has 7 heteroatoms. The van der Waals surface area contributed by atoms with Crippen molar-refractivity contribution in [1.29, 1.82) is 0 Å². The molecule has 1 atom stereocenters. The molecule has 0 aliphatic heterocycles. The van der Waals surface area contributed by atoms with Gasteiger partial charge in [0.15, 0.2) is 0 Å². The van der Waals surface area contributed by atoms with Crippen molar-refractivity contribution in [2.45, 2.75) is 20.0 Å². The second-order valence-corrected chi connectivity index (χ2v) is 5.55. The quantitative estimate of drug-likeness (QED) is 0.371. The van der Waals surface area contributed by atoms with Gasteiger partial charge in [0.05, 0.1) is 4.92 Å². The Morgan fingerprint density at radius 1 is 1.15 bits per heavy atom. The Kier molecular flexibility index (Phi) is 6.21. The maximum absolute atomic E-state index is 12.4. The van der Waals surface area contributed by atoms with Crippen LogP contribution in [0.1, 0.15) is 31.1 Å². The Morgan fingerprint density at radius 3 is 2.46 bits per heavy atom. The van der Waals surface area contributed by atoms with Crippen LogP contribution in [0.3, 0.4) is 0 Å². The molecule has 2 aromatic rings. The van der Waals surface area contributed by atoms with Crippen molar-refractivity contribution >= 4 is 23.6 Å². The van der Waals surface area contributed by atoms with Crippen LogP contribution >= 0.6 is 0 Å². The number of benzene rings is 2. The summed E-state index contributed by atoms with van der Waals surface area (Å²) in [5.41, 5.74) is 1.10. The van der Waals surface area contributed by atoms with Crippen LogP contribution in [0.4, 0.5) is 5.69 Å². The first kappa shape index (κ1) is 18.9. The van der Waals surface area contributed by atoms with Crippen LogP contribution in [0.15, 0.2) is 60.3 Å². The molecule has 2 rings (SSSR count). The first-order valence-electron chi connectivity index (χ1n) is 7.86. The van der Waals surface area contributed by atoms with Crippen molar-refractivity contribution in [1.82, 2.24) is 5.32 Å². The molecular weight excluding hydrogens is 336 g/mol. The number of rotatable bonds is 6. The molecule has 2 aromatic carbocycles. The SMILES string of the molecule is CC(=O)N/C(=C\c1ccccc1)C(=O)O[C@@H](C)c1cccc([N+](=O)[O-])c1. The maximum atomic E-state index is 12.4. The summed E-state index contributed by atoms with van der Waals surface area (Å²) in [6.45, 7) is 2.89. The van der Waals surface area contributed by atoms with E-state index in [0.29, 0.717) is 5.56 Å². The van der Waals surface area contributed by atoms with Crippen molar-refractivity contribution in [3.05, 3.63) is 81.5 Å². The molecule has 7 nitrogen and oxygen atoms in total. The molecule has 0 saturated heterocycles. The standard InChI is InChI=1S/C19H18N2O5/c1-13(16-9-6-10-17(12-16)21(24)25)26-19(23)18(20-14(2)22)11-15-7-4-3-5-8-15/h3-13H,1-2H3,(H,20,22)/b18-11-/t13-/m0/s1. The number of esters is 1. The Bertz CT molecular complexity index is 846. The minimum Gasteiger partial charge on any atom is -0.453 e. The lowest BCUT2D eigenvalue weighted by molar-refractivity contribution is -0.385. The average Bonchev–Trinajstić information content (AvgIpc) is 2.61. The van der Waals surface area contributed by atoms with Gasteiger partial charge in [0, 0.05) is 19.1 Å². The zero-order valence-electron chi connectivity index (χ0n) is 14.3. The molecule has 0 bridgehead atoms. The second kappa shape index (κ2) is 8.57. The molecule has 0 aromatic heterocycles. The van der Waals surface area contributed by atoms with Crippen molar-refractivity contribution in [2.75, 3.05) is 0 Å². The molecular formula is C19H18N2O5. The highest BCUT2D eigenvalue weighted by molar-refractivity contribution is 5.97. The highest BCUT2D eigenvalue weighted by atomic mass is 16.6. The van der Waals surface area contributed by atoms with Gasteiger partial charge < -0.3 is 10.1 Å². The van der Waals surface area contributed by atoms with E-state index < -0.39 is 22.9 Å². The summed E-state index contributed by atoms with van der Waals surface area (Å²) in [4.78, 5) is 34.2. The Morgan fingerprint density at radius 2 is 1.85 bits per heavy atom. The van der Waals surface area contributed by atoms with E-state index >= 15 is 0 Å². The molecule has 134 valence electrons. The lowest BCUT2D eigenvalue weighted by atomic mass is 10.1. The highest BCUT2D eigenvalue weighted by Crippen LogP contribution is 2.22. The molecule has 26 heavy (non-hydrogen) atoms. The van der Waals surface area contributed by atoms with Gasteiger partial charge in [-0.1, -0.05) is 42.5 Å². The predicted octanol–water partition coefficient (Wildman–Crippen LogP) is 3.38. The molecule has 0 aliphatic carbocycles. The lowest BCUT2D eigenvalue weighted by Gasteiger charge is -2.15. The zero-order chi connectivity index (χ0) is 19.1. The summed E-state index contributed by atoms with van der Waals surface area (Å²) in [6, 6.07) is 14.8. The molecule has 0 spiro atoms. The van der Waals surface area contributed by atoms with Crippen LogP contribution in [0.5, 0.6) is 0 Å². The summed E-state index contributed by atoms with van der Waals surface area (Å²) >= 11 is 0. The maximum Gasteiger partial charge on any atom is 0.355 e. The van der Waals surface area contributed by atoms with E-state index in [4.69, 9.17) is 4.74 Å². The fraction of sp³-hybridized carbons (Fsp3) is 0.158. The third-order valence-electron chi connectivity index (χ3n) is 3.48. The minimum absolute atomic E-state index is 0.0130. The lowest BCUT2D eigenvalue weighted by Crippen LogP contribution is -2.27. The van der Waals surface area contributed by atoms with Crippen LogP contribution in [-0.2, 0) is 14.3 Å². The van der Waals surface area contributed by atoms with Gasteiger partial charge in [0.2, 0.25) is 5.91 Å². The van der Waals surface area contributed by atoms with Gasteiger partial charge in [0.1, 0.15) is 11.8 Å². The predicted molar refractivity (Wildman–Crippen MR) is 95.8 cm³/mol. The van der Waals surface area contributed by atoms with Crippen molar-refractivity contribution in [3.8, 4) is 0 Å². The largest absolute Gasteiger partial charge is 0.453 e. The van der Waals surface area contributed by atoms with Crippen LogP contribution in [0.25, 0.3) is 6.08 Å². The summed E-state index contributed by atoms with van der Waals surface area (Å²) in [5.74, 6) is -1.14. The fourth-order valence-electron chi connectivity index (χ4n) is 2.23. The highest BCUT2D eigenvalue weighted by Gasteiger charge is 2.19. The van der Waals surface area contributed by atoms with Gasteiger partial charge in [-0.05, 0) is 24.1 Å². The number of ether oxygens (including phenoxy) is 1. The van der Waals surface area contributed by atoms with Gasteiger partial charge in [0.25, 0.3) is 5.69 Å². The number of carbonyl (C=O) groups is 2. The Labute approximate surface area is 150 Å². The number of non-ortho nitro benzene ring substituents is 1. The monoisotopic (exact) mass is 354 g/mol. The van der Waals surface area contributed by atoms with E-state index in [0.717, 1.165) is 5.56 Å². The number of nitrogens with zero attached hydrogens (tertiary/aromatic N) is 1. The van der Waals surface area contributed by atoms with Crippen LogP contribution in [0.2, 0.25) is 0 Å². The van der Waals surface area contributed by atoms with Gasteiger partial charge in [-0.25, -0.2) is 4.79 Å². The smallest absolute Gasteiger partial charge is 0.355 e. The summed E-state index contributed by atoms with van der Waals surface area (Å²) in [7, 11) is 0. The molecule has 1 N–H and O–H groups in total. The van der Waals surface area contributed by atoms with E-state index in [-0.39, 0.29) is 11.4 Å². The number of nitro groups is 1. The molecule has 0 unspecified atom stereocenters. The molecule has 0 aliphatic rings. The summed E-state index contributed by atoms with van der Waals surface area (Å²) < 4.78 is 5.36. The summed E-state index contributed by atoms with van der Waals surface area (Å²) in [6.07, 6.45) is 0.777. The number of nitrogens with one attached hydrogen (secondary N) is 1. The zero-order valence-corrected chi connectivity index (χ0v) is 14.3. The molecule has 0 fully saturated rings. The third-order valence-corrected chi connectivity index (χ3v) is 3.48. The van der Waals surface area contributed by atoms with E-state index in [1.54, 1.807) is 37.3 Å². The van der Waals surface area contributed by atoms with Gasteiger partial charge >= 0.3 is 5.97 Å². The first-order valence-corrected chi connectivity index (χ1v) is 7.86. The third kappa shape index (κ3) is 5.27. The van der Waals surface area contributed by atoms with Gasteiger partial charge in [-0.3, -0.25) is 14.9 Å². The minimum atomic E-state index is -0.733. The van der Waals surface area contributed by atoms with Crippen molar-refractivity contribution in [2.24, 2.45) is 0 Å². The number of hydrogen-bond acceptors (Lipinski definition) is 5. The Balaban J connectivity index is 2.21. The second-order valence-electron chi connectivity index (χ2n) is 5.55. The van der Waals surface area contributed by atoms with E-state index in [1.807, 2.05) is 6.07 Å². The normalized spacial score (nSPS) is 12.2. The molecule has 1 amide bonds. The molecule has 0 saturated carbocycles. The van der Waals surface area contributed by atoms with Crippen LogP contribution < -0.4 is 5.32 Å². The van der Waals surface area contributed by atoms with Crippen LogP contribution in [-0.4, -0.2) is 16.8 Å². The van der Waals surface area contributed by atoms with E-state index in [9.17, 15) is 19.7 Å². The molecule has 0 heterocycles. The van der Waals surface area contributed by atoms with E-state index in [1.165, 1.54) is 31.2 Å². The summed E-state index contributed by atoms with van der Waals surface area (Å²) in [5, 5.41) is 13.3.